The minimum atomic E-state index is 0.0865. The fourth-order valence-electron chi connectivity index (χ4n) is 4.36. The summed E-state index contributed by atoms with van der Waals surface area (Å²) in [6.07, 6.45) is 8.13. The Morgan fingerprint density at radius 3 is 2.76 bits per heavy atom. The van der Waals surface area contributed by atoms with E-state index in [0.29, 0.717) is 5.92 Å². The highest BCUT2D eigenvalue weighted by Gasteiger charge is 2.37. The van der Waals surface area contributed by atoms with Crippen LogP contribution in [0, 0.1) is 11.8 Å². The number of amides is 1. The summed E-state index contributed by atoms with van der Waals surface area (Å²) in [5.74, 6) is 0.773. The molecular formula is C23H29NO. The monoisotopic (exact) mass is 335 g/mol. The SMILES string of the molecule is C=C=C1CCC[C@H](Cc2ccccc2)N1C(=O)[C@H]1CC=C(C)C[C@@H]1C. The summed E-state index contributed by atoms with van der Waals surface area (Å²) in [5.41, 5.74) is 6.77. The van der Waals surface area contributed by atoms with Gasteiger partial charge in [-0.2, -0.15) is 0 Å². The lowest BCUT2D eigenvalue weighted by molar-refractivity contribution is -0.138. The van der Waals surface area contributed by atoms with Crippen LogP contribution in [0.25, 0.3) is 0 Å². The lowest BCUT2D eigenvalue weighted by Gasteiger charge is -2.40. The van der Waals surface area contributed by atoms with Gasteiger partial charge in [0.1, 0.15) is 0 Å². The van der Waals surface area contributed by atoms with Gasteiger partial charge in [-0.3, -0.25) is 4.79 Å². The van der Waals surface area contributed by atoms with Gasteiger partial charge in [0.05, 0.1) is 5.70 Å². The zero-order chi connectivity index (χ0) is 17.8. The van der Waals surface area contributed by atoms with Crippen molar-refractivity contribution in [1.82, 2.24) is 4.90 Å². The molecule has 0 radical (unpaired) electrons. The molecule has 1 saturated heterocycles. The third-order valence-electron chi connectivity index (χ3n) is 5.73. The minimum Gasteiger partial charge on any atom is -0.305 e. The smallest absolute Gasteiger partial charge is 0.231 e. The molecule has 1 aliphatic heterocycles. The van der Waals surface area contributed by atoms with Gasteiger partial charge < -0.3 is 4.90 Å². The van der Waals surface area contributed by atoms with E-state index in [1.807, 2.05) is 6.07 Å². The maximum atomic E-state index is 13.4. The molecule has 1 aliphatic carbocycles. The van der Waals surface area contributed by atoms with Crippen molar-refractivity contribution in [3.8, 4) is 0 Å². The standard InChI is InChI=1S/C23H29NO/c1-4-20-11-8-12-21(16-19-9-6-5-7-10-19)24(20)23(25)22-14-13-17(2)15-18(22)3/h5-7,9-10,13,18,21-22H,1,8,11-12,14-16H2,2-3H3/t18-,21+,22-/m0/s1. The number of piperidine rings is 1. The second-order valence-corrected chi connectivity index (χ2v) is 7.64. The maximum absolute atomic E-state index is 13.4. The lowest BCUT2D eigenvalue weighted by Crippen LogP contribution is -2.47. The third-order valence-corrected chi connectivity index (χ3v) is 5.73. The van der Waals surface area contributed by atoms with Crippen molar-refractivity contribution in [1.29, 1.82) is 0 Å². The van der Waals surface area contributed by atoms with Crippen LogP contribution >= 0.6 is 0 Å². The van der Waals surface area contributed by atoms with Gasteiger partial charge in [-0.05, 0) is 56.9 Å². The number of benzene rings is 1. The first-order valence-corrected chi connectivity index (χ1v) is 9.51. The van der Waals surface area contributed by atoms with Gasteiger partial charge in [-0.25, -0.2) is 0 Å². The van der Waals surface area contributed by atoms with Gasteiger partial charge in [-0.1, -0.05) is 55.5 Å². The summed E-state index contributed by atoms with van der Waals surface area (Å²) in [7, 11) is 0. The molecule has 1 heterocycles. The molecule has 3 atom stereocenters. The van der Waals surface area contributed by atoms with Crippen molar-refractivity contribution in [2.24, 2.45) is 11.8 Å². The molecule has 2 nitrogen and oxygen atoms in total. The number of nitrogens with zero attached hydrogens (tertiary/aromatic N) is 1. The highest BCUT2D eigenvalue weighted by molar-refractivity contribution is 5.82. The molecule has 132 valence electrons. The van der Waals surface area contributed by atoms with Crippen molar-refractivity contribution < 1.29 is 4.79 Å². The second kappa shape index (κ2) is 7.89. The fourth-order valence-corrected chi connectivity index (χ4v) is 4.36. The Hall–Kier alpha value is -2.05. The number of hydrogen-bond acceptors (Lipinski definition) is 1. The van der Waals surface area contributed by atoms with E-state index >= 15 is 0 Å². The van der Waals surface area contributed by atoms with Crippen molar-refractivity contribution in [2.75, 3.05) is 0 Å². The Morgan fingerprint density at radius 2 is 2.08 bits per heavy atom. The van der Waals surface area contributed by atoms with Gasteiger partial charge in [-0.15, -0.1) is 5.73 Å². The molecule has 1 aromatic carbocycles. The van der Waals surface area contributed by atoms with Crippen LogP contribution in [0.4, 0.5) is 0 Å². The summed E-state index contributed by atoms with van der Waals surface area (Å²) in [5, 5.41) is 0. The topological polar surface area (TPSA) is 20.3 Å². The Labute approximate surface area is 151 Å². The van der Waals surface area contributed by atoms with E-state index in [4.69, 9.17) is 0 Å². The first-order chi connectivity index (χ1) is 12.1. The van der Waals surface area contributed by atoms with Crippen LogP contribution in [-0.2, 0) is 11.2 Å². The molecule has 2 aliphatic rings. The number of allylic oxidation sites excluding steroid dienone is 3. The fraction of sp³-hybridized carbons (Fsp3) is 0.478. The molecule has 25 heavy (non-hydrogen) atoms. The van der Waals surface area contributed by atoms with Gasteiger partial charge in [0.15, 0.2) is 0 Å². The number of carbonyl (C=O) groups is 1. The normalized spacial score (nSPS) is 26.8. The first-order valence-electron chi connectivity index (χ1n) is 9.51. The van der Waals surface area contributed by atoms with Crippen LogP contribution in [-0.4, -0.2) is 16.8 Å². The molecule has 0 N–H and O–H groups in total. The van der Waals surface area contributed by atoms with Gasteiger partial charge in [0.2, 0.25) is 5.91 Å². The molecule has 0 aromatic heterocycles. The van der Waals surface area contributed by atoms with Crippen LogP contribution in [0.3, 0.4) is 0 Å². The Kier molecular flexibility index (Phi) is 5.60. The molecule has 1 amide bonds. The van der Waals surface area contributed by atoms with E-state index in [0.717, 1.165) is 44.2 Å². The van der Waals surface area contributed by atoms with E-state index in [9.17, 15) is 4.79 Å². The zero-order valence-electron chi connectivity index (χ0n) is 15.5. The van der Waals surface area contributed by atoms with Crippen LogP contribution in [0.15, 0.2) is 60.0 Å². The van der Waals surface area contributed by atoms with Crippen LogP contribution in [0.2, 0.25) is 0 Å². The number of carbonyl (C=O) groups excluding carboxylic acids is 1. The largest absolute Gasteiger partial charge is 0.305 e. The second-order valence-electron chi connectivity index (χ2n) is 7.64. The van der Waals surface area contributed by atoms with Gasteiger partial charge >= 0.3 is 0 Å². The highest BCUT2D eigenvalue weighted by atomic mass is 16.2. The average Bonchev–Trinajstić information content (AvgIpc) is 2.62. The predicted octanol–water partition coefficient (Wildman–Crippen LogP) is 5.27. The van der Waals surface area contributed by atoms with E-state index in [1.54, 1.807) is 0 Å². The molecule has 0 spiro atoms. The quantitative estimate of drug-likeness (QED) is 0.544. The lowest BCUT2D eigenvalue weighted by atomic mass is 9.79. The zero-order valence-corrected chi connectivity index (χ0v) is 15.5. The summed E-state index contributed by atoms with van der Waals surface area (Å²) in [6, 6.07) is 10.7. The Morgan fingerprint density at radius 1 is 1.32 bits per heavy atom. The molecule has 3 rings (SSSR count). The molecule has 0 saturated carbocycles. The van der Waals surface area contributed by atoms with E-state index < -0.39 is 0 Å². The average molecular weight is 335 g/mol. The summed E-state index contributed by atoms with van der Waals surface area (Å²) in [4.78, 5) is 15.5. The number of likely N-dealkylation sites (tertiary alicyclic amines) is 1. The van der Waals surface area contributed by atoms with E-state index in [-0.39, 0.29) is 17.9 Å². The molecule has 2 heteroatoms. The van der Waals surface area contributed by atoms with Crippen LogP contribution in [0.5, 0.6) is 0 Å². The molecule has 0 bridgehead atoms. The Balaban J connectivity index is 1.85. The molecule has 0 unspecified atom stereocenters. The summed E-state index contributed by atoms with van der Waals surface area (Å²) >= 11 is 0. The van der Waals surface area contributed by atoms with Crippen molar-refractivity contribution in [2.45, 2.75) is 58.4 Å². The van der Waals surface area contributed by atoms with Crippen molar-refractivity contribution in [3.63, 3.8) is 0 Å². The molecular weight excluding hydrogens is 306 g/mol. The Bertz CT molecular complexity index is 696. The van der Waals surface area contributed by atoms with Crippen LogP contribution in [0.1, 0.15) is 51.5 Å². The third kappa shape index (κ3) is 3.96. The highest BCUT2D eigenvalue weighted by Crippen LogP contribution is 2.35. The van der Waals surface area contributed by atoms with Crippen LogP contribution < -0.4 is 0 Å². The predicted molar refractivity (Wildman–Crippen MR) is 103 cm³/mol. The number of hydrogen-bond donors (Lipinski definition) is 0. The van der Waals surface area contributed by atoms with Gasteiger partial charge in [0, 0.05) is 12.0 Å². The van der Waals surface area contributed by atoms with Gasteiger partial charge in [0.25, 0.3) is 0 Å². The minimum absolute atomic E-state index is 0.0865. The molecule has 1 fully saturated rings. The summed E-state index contributed by atoms with van der Waals surface area (Å²) < 4.78 is 0. The van der Waals surface area contributed by atoms with E-state index in [1.165, 1.54) is 11.1 Å². The maximum Gasteiger partial charge on any atom is 0.231 e. The summed E-state index contributed by atoms with van der Waals surface area (Å²) in [6.45, 7) is 8.25. The molecule has 1 aromatic rings. The van der Waals surface area contributed by atoms with Crippen molar-refractivity contribution in [3.05, 3.63) is 65.6 Å². The number of rotatable bonds is 3. The van der Waals surface area contributed by atoms with Crippen molar-refractivity contribution >= 4 is 5.91 Å². The van der Waals surface area contributed by atoms with E-state index in [2.05, 4.69) is 61.4 Å². The first kappa shape index (κ1) is 17.8.